The van der Waals surface area contributed by atoms with Crippen LogP contribution in [0.4, 0.5) is 4.79 Å². The van der Waals surface area contributed by atoms with Gasteiger partial charge in [-0.05, 0) is 20.8 Å². The van der Waals surface area contributed by atoms with Crippen molar-refractivity contribution in [2.75, 3.05) is 13.1 Å². The summed E-state index contributed by atoms with van der Waals surface area (Å²) >= 11 is 5.56. The Labute approximate surface area is 100 Å². The molecular formula is C10H17ClN2O3. The second-order valence-electron chi connectivity index (χ2n) is 4.07. The molecule has 5 nitrogen and oxygen atoms in total. The average molecular weight is 249 g/mol. The number of hydrogen-bond donors (Lipinski definition) is 1. The predicted molar refractivity (Wildman–Crippen MR) is 60.4 cm³/mol. The van der Waals surface area contributed by atoms with Gasteiger partial charge in [-0.25, -0.2) is 4.79 Å². The van der Waals surface area contributed by atoms with E-state index in [0.29, 0.717) is 13.1 Å². The van der Waals surface area contributed by atoms with Crippen molar-refractivity contribution in [3.8, 4) is 0 Å². The zero-order chi connectivity index (χ0) is 12.3. The van der Waals surface area contributed by atoms with Crippen molar-refractivity contribution in [1.82, 2.24) is 10.2 Å². The smallest absolute Gasteiger partial charge is 0.324 e. The molecule has 3 atom stereocenters. The molecule has 92 valence electrons. The van der Waals surface area contributed by atoms with E-state index in [1.807, 2.05) is 13.8 Å². The summed E-state index contributed by atoms with van der Waals surface area (Å²) in [5.74, 6) is -0.474. The topological polar surface area (TPSA) is 58.6 Å². The number of morpholine rings is 1. The fraction of sp³-hybridized carbons (Fsp3) is 0.800. The normalized spacial score (nSPS) is 27.4. The molecule has 0 saturated carbocycles. The SMILES string of the molecule is CC1CN(C(=O)NC(=O)C(C)Cl)CC(C)O1. The molecule has 0 aromatic rings. The van der Waals surface area contributed by atoms with Crippen molar-refractivity contribution >= 4 is 23.5 Å². The van der Waals surface area contributed by atoms with Gasteiger partial charge in [0.25, 0.3) is 0 Å². The zero-order valence-electron chi connectivity index (χ0n) is 9.70. The minimum Gasteiger partial charge on any atom is -0.372 e. The fourth-order valence-corrected chi connectivity index (χ4v) is 1.68. The molecule has 1 heterocycles. The van der Waals surface area contributed by atoms with Crippen LogP contribution in [0.1, 0.15) is 20.8 Å². The lowest BCUT2D eigenvalue weighted by Crippen LogP contribution is -2.53. The standard InChI is InChI=1S/C10H17ClN2O3/c1-6-4-13(5-7(2)16-6)10(15)12-9(14)8(3)11/h6-8H,4-5H2,1-3H3,(H,12,14,15). The van der Waals surface area contributed by atoms with E-state index in [2.05, 4.69) is 5.32 Å². The Hall–Kier alpha value is -0.810. The molecule has 0 aromatic heterocycles. The molecule has 1 rings (SSSR count). The molecule has 1 saturated heterocycles. The Bertz CT molecular complexity index is 273. The molecule has 1 aliphatic heterocycles. The fourth-order valence-electron chi connectivity index (χ4n) is 1.63. The summed E-state index contributed by atoms with van der Waals surface area (Å²) < 4.78 is 5.49. The number of nitrogens with one attached hydrogen (secondary N) is 1. The first-order valence-corrected chi connectivity index (χ1v) is 5.73. The summed E-state index contributed by atoms with van der Waals surface area (Å²) in [6.45, 7) is 6.28. The highest BCUT2D eigenvalue weighted by Gasteiger charge is 2.27. The third-order valence-corrected chi connectivity index (χ3v) is 2.50. The van der Waals surface area contributed by atoms with Gasteiger partial charge in [-0.2, -0.15) is 0 Å². The summed E-state index contributed by atoms with van der Waals surface area (Å²) in [7, 11) is 0. The minimum atomic E-state index is -0.708. The number of nitrogens with zero attached hydrogens (tertiary/aromatic N) is 1. The lowest BCUT2D eigenvalue weighted by Gasteiger charge is -2.35. The molecule has 6 heteroatoms. The van der Waals surface area contributed by atoms with Gasteiger partial charge >= 0.3 is 6.03 Å². The van der Waals surface area contributed by atoms with Gasteiger partial charge in [0, 0.05) is 13.1 Å². The number of hydrogen-bond acceptors (Lipinski definition) is 3. The number of rotatable bonds is 1. The van der Waals surface area contributed by atoms with Crippen molar-refractivity contribution in [2.45, 2.75) is 38.4 Å². The monoisotopic (exact) mass is 248 g/mol. The van der Waals surface area contributed by atoms with Crippen LogP contribution in [-0.4, -0.2) is 47.5 Å². The average Bonchev–Trinajstić information content (AvgIpc) is 2.15. The van der Waals surface area contributed by atoms with E-state index in [-0.39, 0.29) is 12.2 Å². The van der Waals surface area contributed by atoms with Gasteiger partial charge in [0.1, 0.15) is 5.38 Å². The van der Waals surface area contributed by atoms with Crippen LogP contribution in [0.3, 0.4) is 0 Å². The maximum absolute atomic E-state index is 11.7. The highest BCUT2D eigenvalue weighted by molar-refractivity contribution is 6.31. The maximum Gasteiger partial charge on any atom is 0.324 e. The lowest BCUT2D eigenvalue weighted by atomic mass is 10.2. The quantitative estimate of drug-likeness (QED) is 0.704. The molecule has 0 spiro atoms. The van der Waals surface area contributed by atoms with Crippen molar-refractivity contribution < 1.29 is 14.3 Å². The van der Waals surface area contributed by atoms with E-state index in [1.165, 1.54) is 6.92 Å². The van der Waals surface area contributed by atoms with Crippen LogP contribution in [-0.2, 0) is 9.53 Å². The molecule has 0 aliphatic carbocycles. The Balaban J connectivity index is 2.50. The molecule has 3 amide bonds. The molecule has 0 radical (unpaired) electrons. The minimum absolute atomic E-state index is 0.0157. The first-order chi connectivity index (χ1) is 7.40. The number of carbonyl (C=O) groups excluding carboxylic acids is 2. The van der Waals surface area contributed by atoms with Crippen LogP contribution in [0.2, 0.25) is 0 Å². The van der Waals surface area contributed by atoms with Gasteiger partial charge in [0.15, 0.2) is 0 Å². The Morgan fingerprint density at radius 1 is 1.38 bits per heavy atom. The van der Waals surface area contributed by atoms with E-state index in [9.17, 15) is 9.59 Å². The summed E-state index contributed by atoms with van der Waals surface area (Å²) in [6, 6.07) is -0.403. The number of imide groups is 1. The van der Waals surface area contributed by atoms with E-state index >= 15 is 0 Å². The van der Waals surface area contributed by atoms with Crippen molar-refractivity contribution in [2.24, 2.45) is 0 Å². The third kappa shape index (κ3) is 3.64. The van der Waals surface area contributed by atoms with Gasteiger partial charge in [-0.1, -0.05) is 0 Å². The summed E-state index contributed by atoms with van der Waals surface area (Å²) in [4.78, 5) is 24.5. The largest absolute Gasteiger partial charge is 0.372 e. The second-order valence-corrected chi connectivity index (χ2v) is 4.73. The molecule has 1 fully saturated rings. The van der Waals surface area contributed by atoms with E-state index < -0.39 is 17.3 Å². The number of amides is 3. The van der Waals surface area contributed by atoms with Crippen LogP contribution in [0, 0.1) is 0 Å². The maximum atomic E-state index is 11.7. The van der Waals surface area contributed by atoms with Gasteiger partial charge in [-0.3, -0.25) is 10.1 Å². The molecule has 0 aromatic carbocycles. The second kappa shape index (κ2) is 5.50. The van der Waals surface area contributed by atoms with Gasteiger partial charge in [0.05, 0.1) is 12.2 Å². The zero-order valence-corrected chi connectivity index (χ0v) is 10.5. The molecule has 1 aliphatic rings. The summed E-state index contributed by atoms with van der Waals surface area (Å²) in [5, 5.41) is 1.54. The number of carbonyl (C=O) groups is 2. The number of urea groups is 1. The van der Waals surface area contributed by atoms with Crippen LogP contribution in [0.15, 0.2) is 0 Å². The van der Waals surface area contributed by atoms with Crippen molar-refractivity contribution in [3.05, 3.63) is 0 Å². The molecular weight excluding hydrogens is 232 g/mol. The third-order valence-electron chi connectivity index (χ3n) is 2.30. The van der Waals surface area contributed by atoms with Crippen molar-refractivity contribution in [3.63, 3.8) is 0 Å². The lowest BCUT2D eigenvalue weighted by molar-refractivity contribution is -0.120. The van der Waals surface area contributed by atoms with E-state index in [4.69, 9.17) is 16.3 Å². The van der Waals surface area contributed by atoms with Crippen LogP contribution < -0.4 is 5.32 Å². The number of halogens is 1. The highest BCUT2D eigenvalue weighted by atomic mass is 35.5. The Morgan fingerprint density at radius 3 is 2.31 bits per heavy atom. The van der Waals surface area contributed by atoms with E-state index in [0.717, 1.165) is 0 Å². The van der Waals surface area contributed by atoms with Crippen LogP contribution in [0.25, 0.3) is 0 Å². The molecule has 0 bridgehead atoms. The van der Waals surface area contributed by atoms with Crippen molar-refractivity contribution in [1.29, 1.82) is 0 Å². The molecule has 16 heavy (non-hydrogen) atoms. The first kappa shape index (κ1) is 13.3. The summed E-state index contributed by atoms with van der Waals surface area (Å²) in [6.07, 6.45) is -0.0314. The van der Waals surface area contributed by atoms with E-state index in [1.54, 1.807) is 4.90 Å². The van der Waals surface area contributed by atoms with Gasteiger partial charge in [0.2, 0.25) is 5.91 Å². The predicted octanol–water partition coefficient (Wildman–Crippen LogP) is 0.959. The number of ether oxygens (including phenoxy) is 1. The molecule has 1 N–H and O–H groups in total. The Kier molecular flexibility index (Phi) is 4.56. The Morgan fingerprint density at radius 2 is 1.88 bits per heavy atom. The first-order valence-electron chi connectivity index (χ1n) is 5.29. The number of alkyl halides is 1. The molecule has 3 unspecified atom stereocenters. The van der Waals surface area contributed by atoms with Gasteiger partial charge < -0.3 is 9.64 Å². The summed E-state index contributed by atoms with van der Waals surface area (Å²) in [5.41, 5.74) is 0. The van der Waals surface area contributed by atoms with Crippen LogP contribution >= 0.6 is 11.6 Å². The highest BCUT2D eigenvalue weighted by Crippen LogP contribution is 2.10. The van der Waals surface area contributed by atoms with Crippen LogP contribution in [0.5, 0.6) is 0 Å². The van der Waals surface area contributed by atoms with Gasteiger partial charge in [-0.15, -0.1) is 11.6 Å².